The quantitative estimate of drug-likeness (QED) is 0.262. The van der Waals surface area contributed by atoms with E-state index < -0.39 is 34.1 Å². The number of nitrogens with zero attached hydrogens (tertiary/aromatic N) is 6. The number of amides is 1. The lowest BCUT2D eigenvalue weighted by Gasteiger charge is -2.39. The number of carbonyl (C=O) groups excluding carboxylic acids is 1. The number of nitriles is 1. The number of benzene rings is 1. The minimum atomic E-state index is -1.18. The normalized spacial score (nSPS) is 21.0. The number of esters is 1. The third-order valence-electron chi connectivity index (χ3n) is 6.85. The van der Waals surface area contributed by atoms with Gasteiger partial charge in [-0.25, -0.2) is 9.78 Å². The Kier molecular flexibility index (Phi) is 6.94. The van der Waals surface area contributed by atoms with Gasteiger partial charge in [-0.3, -0.25) is 14.9 Å². The van der Waals surface area contributed by atoms with Gasteiger partial charge >= 0.3 is 17.7 Å². The summed E-state index contributed by atoms with van der Waals surface area (Å²) in [5.74, 6) is -0.600. The summed E-state index contributed by atoms with van der Waals surface area (Å²) in [4.78, 5) is 47.4. The van der Waals surface area contributed by atoms with Crippen LogP contribution in [-0.4, -0.2) is 69.7 Å². The number of carbonyl (C=O) groups is 2. The maximum absolute atomic E-state index is 13.1. The van der Waals surface area contributed by atoms with E-state index in [1.54, 1.807) is 11.0 Å². The van der Waals surface area contributed by atoms with Gasteiger partial charge in [-0.1, -0.05) is 24.3 Å². The summed E-state index contributed by atoms with van der Waals surface area (Å²) in [6.07, 6.45) is -0.415. The molecule has 0 radical (unpaired) electrons. The van der Waals surface area contributed by atoms with Gasteiger partial charge in [-0.2, -0.15) is 10.2 Å². The molecule has 36 heavy (non-hydrogen) atoms. The number of fused-ring (bicyclic) bond motifs is 1. The molecule has 1 aliphatic heterocycles. The number of hydrogen-bond donors (Lipinski definition) is 1. The van der Waals surface area contributed by atoms with Crippen LogP contribution in [-0.2, 0) is 27.8 Å². The molecule has 1 saturated heterocycles. The highest BCUT2D eigenvalue weighted by Crippen LogP contribution is 2.44. The number of anilines is 1. The lowest BCUT2D eigenvalue weighted by Crippen LogP contribution is -2.55. The summed E-state index contributed by atoms with van der Waals surface area (Å²) >= 11 is 6.22. The highest BCUT2D eigenvalue weighted by Gasteiger charge is 2.48. The Labute approximate surface area is 211 Å². The van der Waals surface area contributed by atoms with Crippen LogP contribution in [0.1, 0.15) is 29.7 Å². The molecule has 0 spiro atoms. The standard InChI is InChI=1S/C23H23ClN6O6/c1-36-20(31)23(8-6-14-4-2-3-5-16(14)23)12-17-18(30(34)35)19(27-21(24)26-17)28-10-11-29(22(32)33)15(13-28)7-9-25/h2-5,15H,6-8,10-13H2,1H3,(H,32,33). The third kappa shape index (κ3) is 4.37. The summed E-state index contributed by atoms with van der Waals surface area (Å²) in [6, 6.07) is 8.63. The lowest BCUT2D eigenvalue weighted by molar-refractivity contribution is -0.385. The number of hydrogen-bond acceptors (Lipinski definition) is 9. The van der Waals surface area contributed by atoms with Gasteiger partial charge in [0.1, 0.15) is 5.69 Å². The van der Waals surface area contributed by atoms with E-state index in [1.165, 1.54) is 7.11 Å². The Morgan fingerprint density at radius 3 is 2.78 bits per heavy atom. The molecular weight excluding hydrogens is 492 g/mol. The molecule has 0 bridgehead atoms. The average molecular weight is 515 g/mol. The number of aromatic nitrogens is 2. The van der Waals surface area contributed by atoms with E-state index in [1.807, 2.05) is 24.3 Å². The number of ether oxygens (including phenoxy) is 1. The molecule has 1 aromatic carbocycles. The van der Waals surface area contributed by atoms with Crippen molar-refractivity contribution in [3.8, 4) is 6.07 Å². The minimum Gasteiger partial charge on any atom is -0.468 e. The molecule has 1 amide bonds. The summed E-state index contributed by atoms with van der Waals surface area (Å²) in [5.41, 5.74) is 0.0685. The van der Waals surface area contributed by atoms with E-state index in [0.717, 1.165) is 16.0 Å². The van der Waals surface area contributed by atoms with E-state index in [9.17, 15) is 24.8 Å². The molecule has 2 aromatic rings. The minimum absolute atomic E-state index is 0.0124. The average Bonchev–Trinajstić information content (AvgIpc) is 3.22. The fraction of sp³-hybridized carbons (Fsp3) is 0.435. The van der Waals surface area contributed by atoms with Gasteiger partial charge in [-0.15, -0.1) is 0 Å². The van der Waals surface area contributed by atoms with Crippen LogP contribution in [0.15, 0.2) is 24.3 Å². The fourth-order valence-corrected chi connectivity index (χ4v) is 5.39. The number of nitro groups is 1. The SMILES string of the molecule is COC(=O)C1(Cc2nc(Cl)nc(N3CCN(C(=O)O)C(CC#N)C3)c2[N+](=O)[O-])CCc2ccccc21. The number of rotatable bonds is 6. The zero-order valence-corrected chi connectivity index (χ0v) is 20.1. The summed E-state index contributed by atoms with van der Waals surface area (Å²) in [5, 5.41) is 30.7. The topological polar surface area (TPSA) is 163 Å². The number of carboxylic acid groups (broad SMARTS) is 1. The smallest absolute Gasteiger partial charge is 0.407 e. The van der Waals surface area contributed by atoms with E-state index in [2.05, 4.69) is 9.97 Å². The first-order valence-corrected chi connectivity index (χ1v) is 11.6. The summed E-state index contributed by atoms with van der Waals surface area (Å²) in [7, 11) is 1.27. The van der Waals surface area contributed by atoms with Crippen molar-refractivity contribution >= 4 is 35.2 Å². The van der Waals surface area contributed by atoms with Crippen molar-refractivity contribution in [2.45, 2.75) is 37.1 Å². The highest BCUT2D eigenvalue weighted by molar-refractivity contribution is 6.28. The second-order valence-corrected chi connectivity index (χ2v) is 9.05. The van der Waals surface area contributed by atoms with Gasteiger partial charge in [-0.05, 0) is 35.6 Å². The molecule has 1 N–H and O–H groups in total. The zero-order chi connectivity index (χ0) is 26.0. The molecule has 1 aromatic heterocycles. The Bertz CT molecular complexity index is 1270. The monoisotopic (exact) mass is 514 g/mol. The zero-order valence-electron chi connectivity index (χ0n) is 19.4. The molecule has 1 aliphatic carbocycles. The van der Waals surface area contributed by atoms with Crippen molar-refractivity contribution in [1.82, 2.24) is 14.9 Å². The van der Waals surface area contributed by atoms with Crippen LogP contribution >= 0.6 is 11.6 Å². The largest absolute Gasteiger partial charge is 0.468 e. The predicted octanol–water partition coefficient (Wildman–Crippen LogP) is 2.72. The number of halogens is 1. The molecule has 2 atom stereocenters. The lowest BCUT2D eigenvalue weighted by atomic mass is 9.77. The molecule has 1 fully saturated rings. The maximum atomic E-state index is 13.1. The van der Waals surface area contributed by atoms with Crippen LogP contribution in [0.3, 0.4) is 0 Å². The summed E-state index contributed by atoms with van der Waals surface area (Å²) < 4.78 is 5.13. The molecule has 12 nitrogen and oxygen atoms in total. The van der Waals surface area contributed by atoms with Crippen LogP contribution in [0.25, 0.3) is 0 Å². The van der Waals surface area contributed by atoms with Crippen LogP contribution < -0.4 is 4.90 Å². The number of aryl methyl sites for hydroxylation is 1. The maximum Gasteiger partial charge on any atom is 0.407 e. The number of methoxy groups -OCH3 is 1. The first-order valence-electron chi connectivity index (χ1n) is 11.2. The van der Waals surface area contributed by atoms with Crippen molar-refractivity contribution in [2.24, 2.45) is 0 Å². The molecular formula is C23H23ClN6O6. The van der Waals surface area contributed by atoms with Crippen LogP contribution in [0.5, 0.6) is 0 Å². The van der Waals surface area contributed by atoms with E-state index in [4.69, 9.17) is 21.6 Å². The van der Waals surface area contributed by atoms with Gasteiger partial charge in [0.15, 0.2) is 0 Å². The van der Waals surface area contributed by atoms with E-state index in [0.29, 0.717) is 12.8 Å². The Morgan fingerprint density at radius 2 is 2.11 bits per heavy atom. The van der Waals surface area contributed by atoms with E-state index in [-0.39, 0.29) is 49.3 Å². The van der Waals surface area contributed by atoms with Crippen molar-refractivity contribution in [1.29, 1.82) is 5.26 Å². The highest BCUT2D eigenvalue weighted by atomic mass is 35.5. The third-order valence-corrected chi connectivity index (χ3v) is 7.02. The molecule has 0 saturated carbocycles. The van der Waals surface area contributed by atoms with Crippen molar-refractivity contribution in [2.75, 3.05) is 31.6 Å². The molecule has 188 valence electrons. The van der Waals surface area contributed by atoms with Crippen molar-refractivity contribution < 1.29 is 24.4 Å². The molecule has 2 heterocycles. The van der Waals surface area contributed by atoms with Crippen LogP contribution in [0.2, 0.25) is 5.28 Å². The van der Waals surface area contributed by atoms with Gasteiger partial charge in [0.25, 0.3) is 0 Å². The molecule has 13 heteroatoms. The Hall–Kier alpha value is -3.98. The predicted molar refractivity (Wildman–Crippen MR) is 127 cm³/mol. The molecule has 2 unspecified atom stereocenters. The molecule has 2 aliphatic rings. The van der Waals surface area contributed by atoms with Crippen molar-refractivity contribution in [3.05, 3.63) is 56.5 Å². The summed E-state index contributed by atoms with van der Waals surface area (Å²) in [6.45, 7) is 0.139. The second-order valence-electron chi connectivity index (χ2n) is 8.71. The van der Waals surface area contributed by atoms with Crippen LogP contribution in [0, 0.1) is 21.4 Å². The first kappa shape index (κ1) is 25.1. The van der Waals surface area contributed by atoms with Gasteiger partial charge in [0, 0.05) is 26.1 Å². The fourth-order valence-electron chi connectivity index (χ4n) is 5.21. The van der Waals surface area contributed by atoms with Gasteiger partial charge in [0.2, 0.25) is 11.1 Å². The van der Waals surface area contributed by atoms with E-state index >= 15 is 0 Å². The van der Waals surface area contributed by atoms with Gasteiger partial charge in [0.05, 0.1) is 36.0 Å². The van der Waals surface area contributed by atoms with Gasteiger partial charge < -0.3 is 19.6 Å². The Morgan fingerprint density at radius 1 is 1.36 bits per heavy atom. The first-order chi connectivity index (χ1) is 17.2. The second kappa shape index (κ2) is 9.94. The Balaban J connectivity index is 1.79. The van der Waals surface area contributed by atoms with Crippen LogP contribution in [0.4, 0.5) is 16.3 Å². The number of piperazine rings is 1. The molecule has 4 rings (SSSR count). The van der Waals surface area contributed by atoms with Crippen molar-refractivity contribution in [3.63, 3.8) is 0 Å².